The summed E-state index contributed by atoms with van der Waals surface area (Å²) in [5, 5.41) is 5.65. The van der Waals surface area contributed by atoms with Crippen LogP contribution in [-0.4, -0.2) is 23.0 Å². The monoisotopic (exact) mass is 325 g/mol. The molecule has 1 aliphatic heterocycles. The number of aromatic nitrogens is 2. The predicted molar refractivity (Wildman–Crippen MR) is 85.9 cm³/mol. The molecule has 0 radical (unpaired) electrons. The van der Waals surface area contributed by atoms with Crippen LogP contribution in [0.15, 0.2) is 18.2 Å². The quantitative estimate of drug-likeness (QED) is 0.911. The Kier molecular flexibility index (Phi) is 4.11. The lowest BCUT2D eigenvalue weighted by Gasteiger charge is -2.21. The lowest BCUT2D eigenvalue weighted by Crippen LogP contribution is -2.16. The van der Waals surface area contributed by atoms with E-state index >= 15 is 0 Å². The molecule has 3 rings (SSSR count). The summed E-state index contributed by atoms with van der Waals surface area (Å²) < 4.78 is 7.29. The number of hydrogen-bond donors (Lipinski definition) is 1. The van der Waals surface area contributed by atoms with Crippen molar-refractivity contribution in [3.05, 3.63) is 33.9 Å². The molecule has 1 atom stereocenters. The van der Waals surface area contributed by atoms with E-state index in [2.05, 4.69) is 5.10 Å². The van der Waals surface area contributed by atoms with Gasteiger partial charge in [-0.15, -0.1) is 0 Å². The highest BCUT2D eigenvalue weighted by Gasteiger charge is 2.25. The number of nitrogens with two attached hydrogens (primary N) is 1. The standard InChI is InChI=1S/C15H17Cl2N3O/c1-20-15(18)13(9-4-5-11(16)12(17)7-9)14(19-20)10-3-2-6-21-8-10/h4-5,7,10H,2-3,6,8,18H2,1H3. The van der Waals surface area contributed by atoms with Gasteiger partial charge in [0, 0.05) is 25.1 Å². The van der Waals surface area contributed by atoms with Gasteiger partial charge < -0.3 is 10.5 Å². The van der Waals surface area contributed by atoms with Gasteiger partial charge in [-0.2, -0.15) is 5.10 Å². The molecule has 21 heavy (non-hydrogen) atoms. The molecular formula is C15H17Cl2N3O. The van der Waals surface area contributed by atoms with Crippen LogP contribution in [0.3, 0.4) is 0 Å². The van der Waals surface area contributed by atoms with E-state index in [1.54, 1.807) is 10.7 Å². The molecule has 0 aliphatic carbocycles. The highest BCUT2D eigenvalue weighted by atomic mass is 35.5. The fraction of sp³-hybridized carbons (Fsp3) is 0.400. The minimum absolute atomic E-state index is 0.270. The molecule has 2 aromatic rings. The first kappa shape index (κ1) is 14.7. The molecule has 1 saturated heterocycles. The average Bonchev–Trinajstić information content (AvgIpc) is 2.79. The van der Waals surface area contributed by atoms with Gasteiger partial charge in [0.1, 0.15) is 5.82 Å². The molecule has 0 spiro atoms. The Bertz CT molecular complexity index is 663. The van der Waals surface area contributed by atoms with Gasteiger partial charge in [0.15, 0.2) is 0 Å². The second-order valence-corrected chi connectivity index (χ2v) is 6.13. The van der Waals surface area contributed by atoms with Gasteiger partial charge in [-0.3, -0.25) is 4.68 Å². The summed E-state index contributed by atoms with van der Waals surface area (Å²) in [7, 11) is 1.85. The Labute approximate surface area is 133 Å². The van der Waals surface area contributed by atoms with Crippen molar-refractivity contribution < 1.29 is 4.74 Å². The molecule has 0 saturated carbocycles. The van der Waals surface area contributed by atoms with Gasteiger partial charge in [0.2, 0.25) is 0 Å². The Hall–Kier alpha value is -1.23. The summed E-state index contributed by atoms with van der Waals surface area (Å²) in [6, 6.07) is 5.55. The van der Waals surface area contributed by atoms with Crippen molar-refractivity contribution in [3.63, 3.8) is 0 Å². The summed E-state index contributed by atoms with van der Waals surface area (Å²) in [4.78, 5) is 0. The van der Waals surface area contributed by atoms with Crippen molar-refractivity contribution in [2.45, 2.75) is 18.8 Å². The van der Waals surface area contributed by atoms with Crippen LogP contribution in [-0.2, 0) is 11.8 Å². The highest BCUT2D eigenvalue weighted by molar-refractivity contribution is 6.42. The fourth-order valence-corrected chi connectivity index (χ4v) is 3.05. The largest absolute Gasteiger partial charge is 0.383 e. The lowest BCUT2D eigenvalue weighted by atomic mass is 9.92. The van der Waals surface area contributed by atoms with E-state index in [9.17, 15) is 0 Å². The molecule has 1 aromatic carbocycles. The van der Waals surface area contributed by atoms with Crippen LogP contribution >= 0.6 is 23.2 Å². The number of ether oxygens (including phenoxy) is 1. The molecule has 4 nitrogen and oxygen atoms in total. The van der Waals surface area contributed by atoms with Crippen LogP contribution < -0.4 is 5.73 Å². The SMILES string of the molecule is Cn1nc(C2CCCOC2)c(-c2ccc(Cl)c(Cl)c2)c1N. The first-order chi connectivity index (χ1) is 10.1. The smallest absolute Gasteiger partial charge is 0.129 e. The fourth-order valence-electron chi connectivity index (χ4n) is 2.75. The maximum atomic E-state index is 6.21. The van der Waals surface area contributed by atoms with E-state index in [4.69, 9.17) is 33.7 Å². The summed E-state index contributed by atoms with van der Waals surface area (Å²) in [6.45, 7) is 1.51. The number of nitrogens with zero attached hydrogens (tertiary/aromatic N) is 2. The zero-order chi connectivity index (χ0) is 15.0. The minimum Gasteiger partial charge on any atom is -0.383 e. The zero-order valence-corrected chi connectivity index (χ0v) is 13.3. The summed E-state index contributed by atoms with van der Waals surface area (Å²) in [6.07, 6.45) is 2.10. The number of hydrogen-bond acceptors (Lipinski definition) is 3. The Balaban J connectivity index is 2.09. The van der Waals surface area contributed by atoms with Gasteiger partial charge in [0.25, 0.3) is 0 Å². The molecule has 0 amide bonds. The van der Waals surface area contributed by atoms with Crippen molar-refractivity contribution >= 4 is 29.0 Å². The molecular weight excluding hydrogens is 309 g/mol. The third-order valence-electron chi connectivity index (χ3n) is 3.87. The molecule has 1 aliphatic rings. The second-order valence-electron chi connectivity index (χ2n) is 5.31. The number of halogens is 2. The molecule has 6 heteroatoms. The van der Waals surface area contributed by atoms with E-state index < -0.39 is 0 Å². The number of benzene rings is 1. The van der Waals surface area contributed by atoms with Crippen LogP contribution in [0, 0.1) is 0 Å². The molecule has 1 aromatic heterocycles. The van der Waals surface area contributed by atoms with Crippen LogP contribution in [0.25, 0.3) is 11.1 Å². The summed E-state index contributed by atoms with van der Waals surface area (Å²) >= 11 is 12.1. The maximum Gasteiger partial charge on any atom is 0.129 e. The Morgan fingerprint density at radius 3 is 2.81 bits per heavy atom. The maximum absolute atomic E-state index is 6.21. The van der Waals surface area contributed by atoms with Gasteiger partial charge in [0.05, 0.1) is 22.3 Å². The normalized spacial score (nSPS) is 18.9. The van der Waals surface area contributed by atoms with Crippen LogP contribution in [0.2, 0.25) is 10.0 Å². The third kappa shape index (κ3) is 2.76. The average molecular weight is 326 g/mol. The molecule has 2 N–H and O–H groups in total. The first-order valence-electron chi connectivity index (χ1n) is 6.93. The Morgan fingerprint density at radius 1 is 1.33 bits per heavy atom. The second kappa shape index (κ2) is 5.87. The Morgan fingerprint density at radius 2 is 2.14 bits per heavy atom. The van der Waals surface area contributed by atoms with Crippen molar-refractivity contribution in [2.75, 3.05) is 18.9 Å². The van der Waals surface area contributed by atoms with E-state index in [0.29, 0.717) is 22.5 Å². The number of nitrogen functional groups attached to an aromatic ring is 1. The first-order valence-corrected chi connectivity index (χ1v) is 7.69. The van der Waals surface area contributed by atoms with Gasteiger partial charge >= 0.3 is 0 Å². The van der Waals surface area contributed by atoms with Crippen molar-refractivity contribution in [1.82, 2.24) is 9.78 Å². The highest BCUT2D eigenvalue weighted by Crippen LogP contribution is 2.38. The molecule has 1 fully saturated rings. The van der Waals surface area contributed by atoms with E-state index in [1.807, 2.05) is 19.2 Å². The van der Waals surface area contributed by atoms with E-state index in [-0.39, 0.29) is 5.92 Å². The van der Waals surface area contributed by atoms with Gasteiger partial charge in [-0.1, -0.05) is 29.3 Å². The van der Waals surface area contributed by atoms with Crippen molar-refractivity contribution in [3.8, 4) is 11.1 Å². The summed E-state index contributed by atoms with van der Waals surface area (Å²) in [5.41, 5.74) is 9.07. The topological polar surface area (TPSA) is 53.1 Å². The molecule has 0 bridgehead atoms. The van der Waals surface area contributed by atoms with Gasteiger partial charge in [-0.25, -0.2) is 0 Å². The van der Waals surface area contributed by atoms with Crippen molar-refractivity contribution in [1.29, 1.82) is 0 Å². The number of aryl methyl sites for hydroxylation is 1. The molecule has 2 heterocycles. The van der Waals surface area contributed by atoms with E-state index in [1.165, 1.54) is 0 Å². The minimum atomic E-state index is 0.270. The number of anilines is 1. The molecule has 112 valence electrons. The molecule has 1 unspecified atom stereocenters. The third-order valence-corrected chi connectivity index (χ3v) is 4.61. The van der Waals surface area contributed by atoms with Crippen LogP contribution in [0.4, 0.5) is 5.82 Å². The van der Waals surface area contributed by atoms with Crippen LogP contribution in [0.5, 0.6) is 0 Å². The van der Waals surface area contributed by atoms with Gasteiger partial charge in [-0.05, 0) is 30.5 Å². The van der Waals surface area contributed by atoms with Crippen molar-refractivity contribution in [2.24, 2.45) is 7.05 Å². The predicted octanol–water partition coefficient (Wildman–Crippen LogP) is 3.87. The zero-order valence-electron chi connectivity index (χ0n) is 11.8. The lowest BCUT2D eigenvalue weighted by molar-refractivity contribution is 0.0793. The van der Waals surface area contributed by atoms with Crippen LogP contribution in [0.1, 0.15) is 24.5 Å². The number of rotatable bonds is 2. The van der Waals surface area contributed by atoms with E-state index in [0.717, 1.165) is 36.3 Å². The summed E-state index contributed by atoms with van der Waals surface area (Å²) in [5.74, 6) is 0.903.